The highest BCUT2D eigenvalue weighted by Crippen LogP contribution is 2.27. The first-order chi connectivity index (χ1) is 7.87. The number of para-hydroxylation sites is 1. The molecule has 0 radical (unpaired) electrons. The van der Waals surface area contributed by atoms with Gasteiger partial charge in [-0.25, -0.2) is 12.8 Å². The van der Waals surface area contributed by atoms with Crippen molar-refractivity contribution in [1.82, 2.24) is 0 Å². The van der Waals surface area contributed by atoms with Crippen molar-refractivity contribution in [2.45, 2.75) is 0 Å². The summed E-state index contributed by atoms with van der Waals surface area (Å²) in [6.45, 7) is 0. The summed E-state index contributed by atoms with van der Waals surface area (Å²) in [6, 6.07) is 3.04. The van der Waals surface area contributed by atoms with Crippen LogP contribution in [0.3, 0.4) is 0 Å². The molecule has 1 rings (SSSR count). The maximum absolute atomic E-state index is 13.3. The molecule has 0 aliphatic rings. The first-order valence-electron chi connectivity index (χ1n) is 4.37. The minimum Gasteiger partial charge on any atom is -0.275 e. The molecule has 0 saturated carbocycles. The van der Waals surface area contributed by atoms with Crippen LogP contribution < -0.4 is 4.72 Å². The van der Waals surface area contributed by atoms with Crippen LogP contribution in [0.1, 0.15) is 0 Å². The quantitative estimate of drug-likeness (QED) is 0.506. The maximum Gasteiger partial charge on any atom is 0.296 e. The highest BCUT2D eigenvalue weighted by atomic mass is 35.5. The second-order valence-corrected chi connectivity index (χ2v) is 5.22. The molecule has 1 N–H and O–H groups in total. The summed E-state index contributed by atoms with van der Waals surface area (Å²) in [4.78, 5) is 9.72. The molecule has 0 spiro atoms. The van der Waals surface area contributed by atoms with Crippen molar-refractivity contribution in [3.05, 3.63) is 34.1 Å². The Morgan fingerprint density at radius 2 is 2.12 bits per heavy atom. The molecule has 17 heavy (non-hydrogen) atoms. The second-order valence-electron chi connectivity index (χ2n) is 3.00. The Morgan fingerprint density at radius 3 is 2.65 bits per heavy atom. The molecule has 0 aliphatic carbocycles. The number of rotatable bonds is 5. The monoisotopic (exact) mass is 282 g/mol. The molecule has 0 aromatic heterocycles. The lowest BCUT2D eigenvalue weighted by molar-refractivity contribution is -0.384. The molecule has 0 aliphatic heterocycles. The second kappa shape index (κ2) is 5.28. The number of alkyl halides is 1. The fourth-order valence-corrected chi connectivity index (χ4v) is 2.50. The summed E-state index contributed by atoms with van der Waals surface area (Å²) < 4.78 is 37.8. The fraction of sp³-hybridized carbons (Fsp3) is 0.250. The largest absolute Gasteiger partial charge is 0.296 e. The minimum absolute atomic E-state index is 0.197. The van der Waals surface area contributed by atoms with E-state index in [1.807, 2.05) is 4.72 Å². The number of nitrogens with zero attached hydrogens (tertiary/aromatic N) is 1. The van der Waals surface area contributed by atoms with Crippen LogP contribution in [-0.2, 0) is 10.0 Å². The Balaban J connectivity index is 3.18. The van der Waals surface area contributed by atoms with Crippen LogP contribution in [0.5, 0.6) is 0 Å². The van der Waals surface area contributed by atoms with Gasteiger partial charge in [-0.1, -0.05) is 6.07 Å². The van der Waals surface area contributed by atoms with Crippen LogP contribution in [0.2, 0.25) is 0 Å². The van der Waals surface area contributed by atoms with Gasteiger partial charge in [0.05, 0.1) is 10.7 Å². The van der Waals surface area contributed by atoms with Crippen molar-refractivity contribution >= 4 is 33.0 Å². The molecule has 0 amide bonds. The topological polar surface area (TPSA) is 89.3 Å². The van der Waals surface area contributed by atoms with Gasteiger partial charge < -0.3 is 0 Å². The molecule has 0 heterocycles. The van der Waals surface area contributed by atoms with Crippen LogP contribution in [0.15, 0.2) is 18.2 Å². The van der Waals surface area contributed by atoms with E-state index in [0.717, 1.165) is 18.2 Å². The molecule has 6 nitrogen and oxygen atoms in total. The molecule has 1 aromatic carbocycles. The normalized spacial score (nSPS) is 11.2. The Hall–Kier alpha value is -1.41. The van der Waals surface area contributed by atoms with Gasteiger partial charge in [0.2, 0.25) is 10.0 Å². The Labute approximate surface area is 102 Å². The molecule has 0 atom stereocenters. The van der Waals surface area contributed by atoms with E-state index >= 15 is 0 Å². The number of nitro groups is 1. The Bertz CT molecular complexity index is 534. The summed E-state index contributed by atoms with van der Waals surface area (Å²) >= 11 is 5.25. The zero-order valence-corrected chi connectivity index (χ0v) is 9.96. The van der Waals surface area contributed by atoms with Gasteiger partial charge in [0.15, 0.2) is 11.5 Å². The van der Waals surface area contributed by atoms with Crippen molar-refractivity contribution in [2.75, 3.05) is 16.4 Å². The predicted molar refractivity (Wildman–Crippen MR) is 61.2 cm³/mol. The first kappa shape index (κ1) is 13.7. The summed E-state index contributed by atoms with van der Waals surface area (Å²) in [7, 11) is -3.89. The number of nitrogens with one attached hydrogen (secondary N) is 1. The number of halogens is 2. The van der Waals surface area contributed by atoms with Gasteiger partial charge in [-0.3, -0.25) is 14.8 Å². The van der Waals surface area contributed by atoms with Gasteiger partial charge in [0.25, 0.3) is 5.69 Å². The molecule has 1 aromatic rings. The maximum atomic E-state index is 13.3. The van der Waals surface area contributed by atoms with Gasteiger partial charge in [-0.15, -0.1) is 11.6 Å². The third-order valence-corrected chi connectivity index (χ3v) is 3.46. The third kappa shape index (κ3) is 3.53. The average molecular weight is 283 g/mol. The van der Waals surface area contributed by atoms with Gasteiger partial charge in [-0.2, -0.15) is 0 Å². The van der Waals surface area contributed by atoms with Gasteiger partial charge in [-0.05, 0) is 6.07 Å². The zero-order chi connectivity index (χ0) is 13.1. The number of nitro benzene ring substituents is 1. The Kier molecular flexibility index (Phi) is 4.24. The average Bonchev–Trinajstić information content (AvgIpc) is 2.20. The molecule has 0 unspecified atom stereocenters. The van der Waals surface area contributed by atoms with E-state index in [0.29, 0.717) is 0 Å². The standard InChI is InChI=1S/C8H8ClFN2O4S/c9-4-5-17(15,16)11-8-6(10)2-1-3-7(8)12(13)14/h1-3,11H,4-5H2. The number of hydrogen-bond donors (Lipinski definition) is 1. The van der Waals surface area contributed by atoms with Crippen molar-refractivity contribution in [3.8, 4) is 0 Å². The molecule has 9 heteroatoms. The summed E-state index contributed by atoms with van der Waals surface area (Å²) in [5.41, 5.74) is -1.33. The lowest BCUT2D eigenvalue weighted by Crippen LogP contribution is -2.19. The van der Waals surface area contributed by atoms with Crippen LogP contribution in [0.4, 0.5) is 15.8 Å². The van der Waals surface area contributed by atoms with E-state index in [9.17, 15) is 22.9 Å². The van der Waals surface area contributed by atoms with Crippen molar-refractivity contribution in [3.63, 3.8) is 0 Å². The Morgan fingerprint density at radius 1 is 1.47 bits per heavy atom. The van der Waals surface area contributed by atoms with Crippen LogP contribution >= 0.6 is 11.6 Å². The van der Waals surface area contributed by atoms with Crippen LogP contribution in [0, 0.1) is 15.9 Å². The first-order valence-corrected chi connectivity index (χ1v) is 6.55. The van der Waals surface area contributed by atoms with Crippen LogP contribution in [0.25, 0.3) is 0 Å². The lowest BCUT2D eigenvalue weighted by atomic mass is 10.2. The summed E-state index contributed by atoms with van der Waals surface area (Å²) in [5.74, 6) is -1.67. The van der Waals surface area contributed by atoms with E-state index in [1.54, 1.807) is 0 Å². The summed E-state index contributed by atoms with van der Waals surface area (Å²) in [6.07, 6.45) is 0. The number of benzene rings is 1. The molecule has 0 bridgehead atoms. The number of sulfonamides is 1. The van der Waals surface area contributed by atoms with E-state index in [4.69, 9.17) is 11.6 Å². The van der Waals surface area contributed by atoms with Crippen LogP contribution in [-0.4, -0.2) is 25.0 Å². The molecular formula is C8H8ClFN2O4S. The number of anilines is 1. The predicted octanol–water partition coefficient (Wildman–Crippen LogP) is 1.71. The SMILES string of the molecule is O=[N+]([O-])c1cccc(F)c1NS(=O)(=O)CCCl. The van der Waals surface area contributed by atoms with E-state index < -0.39 is 37.9 Å². The minimum atomic E-state index is -3.89. The van der Waals surface area contributed by atoms with E-state index in [1.165, 1.54) is 0 Å². The van der Waals surface area contributed by atoms with Gasteiger partial charge in [0.1, 0.15) is 0 Å². The number of hydrogen-bond acceptors (Lipinski definition) is 4. The summed E-state index contributed by atoms with van der Waals surface area (Å²) in [5, 5.41) is 10.6. The van der Waals surface area contributed by atoms with Crippen molar-refractivity contribution in [1.29, 1.82) is 0 Å². The molecular weight excluding hydrogens is 275 g/mol. The molecule has 0 saturated heterocycles. The molecule has 0 fully saturated rings. The third-order valence-electron chi connectivity index (χ3n) is 1.79. The van der Waals surface area contributed by atoms with Crippen molar-refractivity contribution in [2.24, 2.45) is 0 Å². The highest BCUT2D eigenvalue weighted by molar-refractivity contribution is 7.92. The van der Waals surface area contributed by atoms with Gasteiger partial charge in [0, 0.05) is 11.9 Å². The van der Waals surface area contributed by atoms with E-state index in [2.05, 4.69) is 0 Å². The van der Waals surface area contributed by atoms with E-state index in [-0.39, 0.29) is 5.88 Å². The fourth-order valence-electron chi connectivity index (χ4n) is 1.07. The highest BCUT2D eigenvalue weighted by Gasteiger charge is 2.22. The molecule has 94 valence electrons. The van der Waals surface area contributed by atoms with Crippen molar-refractivity contribution < 1.29 is 17.7 Å². The zero-order valence-electron chi connectivity index (χ0n) is 8.39. The van der Waals surface area contributed by atoms with Gasteiger partial charge >= 0.3 is 0 Å². The smallest absolute Gasteiger partial charge is 0.275 e. The lowest BCUT2D eigenvalue weighted by Gasteiger charge is -2.07.